The number of nitrogens with zero attached hydrogens (tertiary/aromatic N) is 1. The van der Waals surface area contributed by atoms with Gasteiger partial charge in [-0.3, -0.25) is 9.10 Å². The maximum atomic E-state index is 13.1. The quantitative estimate of drug-likeness (QED) is 0.635. The predicted molar refractivity (Wildman–Crippen MR) is 119 cm³/mol. The smallest absolute Gasteiger partial charge is 0.257 e. The summed E-state index contributed by atoms with van der Waals surface area (Å²) in [5.74, 6) is 0.754. The zero-order valence-electron chi connectivity index (χ0n) is 16.9. The predicted octanol–water partition coefficient (Wildman–Crippen LogP) is 3.68. The second-order valence-electron chi connectivity index (χ2n) is 7.08. The van der Waals surface area contributed by atoms with E-state index in [1.54, 1.807) is 42.5 Å². The number of sulfonamides is 1. The molecule has 1 N–H and O–H groups in total. The van der Waals surface area contributed by atoms with E-state index in [1.807, 2.05) is 30.3 Å². The van der Waals surface area contributed by atoms with Gasteiger partial charge in [0.1, 0.15) is 13.2 Å². The Morgan fingerprint density at radius 2 is 1.61 bits per heavy atom. The molecular formula is C23H22N2O5S. The Kier molecular flexibility index (Phi) is 5.81. The van der Waals surface area contributed by atoms with Crippen LogP contribution in [0.4, 0.5) is 11.4 Å². The molecule has 0 unspecified atom stereocenters. The third-order valence-electron chi connectivity index (χ3n) is 4.79. The van der Waals surface area contributed by atoms with Crippen molar-refractivity contribution in [3.05, 3.63) is 83.9 Å². The van der Waals surface area contributed by atoms with Crippen LogP contribution in [-0.4, -0.2) is 33.8 Å². The van der Waals surface area contributed by atoms with Crippen molar-refractivity contribution in [3.8, 4) is 11.5 Å². The Balaban J connectivity index is 1.64. The van der Waals surface area contributed by atoms with E-state index in [4.69, 9.17) is 9.47 Å². The van der Waals surface area contributed by atoms with Crippen LogP contribution in [0.5, 0.6) is 11.5 Å². The fraction of sp³-hybridized carbons (Fsp3) is 0.174. The number of fused-ring (bicyclic) bond motifs is 1. The molecule has 0 saturated heterocycles. The van der Waals surface area contributed by atoms with E-state index in [-0.39, 0.29) is 12.1 Å². The molecule has 7 nitrogen and oxygen atoms in total. The van der Waals surface area contributed by atoms with Crippen molar-refractivity contribution in [1.82, 2.24) is 0 Å². The maximum absolute atomic E-state index is 13.1. The van der Waals surface area contributed by atoms with E-state index in [0.717, 1.165) is 11.8 Å². The monoisotopic (exact) mass is 438 g/mol. The van der Waals surface area contributed by atoms with Gasteiger partial charge in [0, 0.05) is 11.8 Å². The molecule has 3 aromatic rings. The van der Waals surface area contributed by atoms with Crippen molar-refractivity contribution in [1.29, 1.82) is 0 Å². The van der Waals surface area contributed by atoms with Crippen molar-refractivity contribution in [2.45, 2.75) is 6.54 Å². The summed E-state index contributed by atoms with van der Waals surface area (Å²) in [5, 5.41) is 2.82. The van der Waals surface area contributed by atoms with Crippen LogP contribution in [0.3, 0.4) is 0 Å². The first kappa shape index (κ1) is 20.7. The van der Waals surface area contributed by atoms with Gasteiger partial charge < -0.3 is 14.8 Å². The average molecular weight is 439 g/mol. The Morgan fingerprint density at radius 1 is 0.935 bits per heavy atom. The molecule has 1 amide bonds. The molecule has 0 saturated carbocycles. The Labute approximate surface area is 181 Å². The number of benzene rings is 3. The van der Waals surface area contributed by atoms with Gasteiger partial charge in [0.05, 0.1) is 24.1 Å². The molecule has 4 rings (SSSR count). The third-order valence-corrected chi connectivity index (χ3v) is 5.91. The van der Waals surface area contributed by atoms with E-state index in [1.165, 1.54) is 4.31 Å². The fourth-order valence-corrected chi connectivity index (χ4v) is 4.23. The van der Waals surface area contributed by atoms with Crippen molar-refractivity contribution in [2.24, 2.45) is 0 Å². The number of hydrogen-bond acceptors (Lipinski definition) is 5. The number of hydrogen-bond donors (Lipinski definition) is 1. The van der Waals surface area contributed by atoms with Gasteiger partial charge in [0.2, 0.25) is 10.0 Å². The highest BCUT2D eigenvalue weighted by atomic mass is 32.2. The lowest BCUT2D eigenvalue weighted by Gasteiger charge is -2.25. The Bertz CT molecular complexity index is 1200. The molecular weight excluding hydrogens is 416 g/mol. The highest BCUT2D eigenvalue weighted by Gasteiger charge is 2.24. The molecule has 31 heavy (non-hydrogen) atoms. The summed E-state index contributed by atoms with van der Waals surface area (Å²) in [4.78, 5) is 13.1. The first-order valence-electron chi connectivity index (χ1n) is 9.73. The van der Waals surface area contributed by atoms with Gasteiger partial charge in [-0.25, -0.2) is 8.42 Å². The van der Waals surface area contributed by atoms with Crippen molar-refractivity contribution in [3.63, 3.8) is 0 Å². The van der Waals surface area contributed by atoms with E-state index < -0.39 is 15.9 Å². The number of para-hydroxylation sites is 1. The number of rotatable bonds is 6. The number of ether oxygens (including phenoxy) is 2. The largest absolute Gasteiger partial charge is 0.486 e. The first-order chi connectivity index (χ1) is 14.9. The molecule has 0 aliphatic carbocycles. The second-order valence-corrected chi connectivity index (χ2v) is 8.99. The molecule has 160 valence electrons. The molecule has 0 fully saturated rings. The summed E-state index contributed by atoms with van der Waals surface area (Å²) in [6.07, 6.45) is 1.13. The molecule has 0 radical (unpaired) electrons. The van der Waals surface area contributed by atoms with Gasteiger partial charge in [0.25, 0.3) is 5.91 Å². The highest BCUT2D eigenvalue weighted by molar-refractivity contribution is 7.92. The number of anilines is 2. The van der Waals surface area contributed by atoms with E-state index >= 15 is 0 Å². The minimum absolute atomic E-state index is 0.119. The molecule has 1 heterocycles. The molecule has 0 atom stereocenters. The number of amides is 1. The maximum Gasteiger partial charge on any atom is 0.257 e. The topological polar surface area (TPSA) is 84.9 Å². The van der Waals surface area contributed by atoms with Crippen LogP contribution in [0.2, 0.25) is 0 Å². The minimum atomic E-state index is -3.64. The molecule has 1 aliphatic rings. The SMILES string of the molecule is CS(=O)(=O)N(Cc1ccccc1)c1ccccc1C(=O)Nc1ccc2c(c1)OCCO2. The van der Waals surface area contributed by atoms with Crippen molar-refractivity contribution < 1.29 is 22.7 Å². The number of nitrogens with one attached hydrogen (secondary N) is 1. The van der Waals surface area contributed by atoms with Gasteiger partial charge in [-0.15, -0.1) is 0 Å². The minimum Gasteiger partial charge on any atom is -0.486 e. The standard InChI is InChI=1S/C23H22N2O5S/c1-31(27,28)25(16-17-7-3-2-4-8-17)20-10-6-5-9-19(20)23(26)24-18-11-12-21-22(15-18)30-14-13-29-21/h2-12,15H,13-14,16H2,1H3,(H,24,26). The molecule has 8 heteroatoms. The van der Waals surface area contributed by atoms with Crippen LogP contribution in [0.1, 0.15) is 15.9 Å². The van der Waals surface area contributed by atoms with E-state index in [2.05, 4.69) is 5.32 Å². The van der Waals surface area contributed by atoms with Crippen LogP contribution >= 0.6 is 0 Å². The summed E-state index contributed by atoms with van der Waals surface area (Å²) in [5.41, 5.74) is 1.90. The first-order valence-corrected chi connectivity index (χ1v) is 11.6. The van der Waals surface area contributed by atoms with Gasteiger partial charge in [-0.2, -0.15) is 0 Å². The van der Waals surface area contributed by atoms with Crippen LogP contribution in [0.15, 0.2) is 72.8 Å². The van der Waals surface area contributed by atoms with Crippen LogP contribution in [0.25, 0.3) is 0 Å². The lowest BCUT2D eigenvalue weighted by Crippen LogP contribution is -2.31. The summed E-state index contributed by atoms with van der Waals surface area (Å²) in [6, 6.07) is 21.0. The summed E-state index contributed by atoms with van der Waals surface area (Å²) < 4.78 is 37.5. The second kappa shape index (κ2) is 8.69. The lowest BCUT2D eigenvalue weighted by molar-refractivity contribution is 0.102. The fourth-order valence-electron chi connectivity index (χ4n) is 3.33. The lowest BCUT2D eigenvalue weighted by atomic mass is 10.1. The highest BCUT2D eigenvalue weighted by Crippen LogP contribution is 2.33. The van der Waals surface area contributed by atoms with Crippen LogP contribution in [-0.2, 0) is 16.6 Å². The van der Waals surface area contributed by atoms with Crippen molar-refractivity contribution in [2.75, 3.05) is 29.1 Å². The molecule has 1 aliphatic heterocycles. The third kappa shape index (κ3) is 4.80. The summed E-state index contributed by atoms with van der Waals surface area (Å²) >= 11 is 0. The molecule has 0 bridgehead atoms. The normalized spacial score (nSPS) is 12.8. The van der Waals surface area contributed by atoms with Crippen LogP contribution < -0.4 is 19.1 Å². The molecule has 0 spiro atoms. The molecule has 3 aromatic carbocycles. The van der Waals surface area contributed by atoms with Gasteiger partial charge >= 0.3 is 0 Å². The summed E-state index contributed by atoms with van der Waals surface area (Å²) in [7, 11) is -3.64. The van der Waals surface area contributed by atoms with Gasteiger partial charge in [0.15, 0.2) is 11.5 Å². The number of carbonyl (C=O) groups is 1. The van der Waals surface area contributed by atoms with Crippen molar-refractivity contribution >= 4 is 27.3 Å². The Hall–Kier alpha value is -3.52. The van der Waals surface area contributed by atoms with Gasteiger partial charge in [-0.05, 0) is 29.8 Å². The zero-order chi connectivity index (χ0) is 21.8. The zero-order valence-corrected chi connectivity index (χ0v) is 17.8. The average Bonchev–Trinajstić information content (AvgIpc) is 2.77. The van der Waals surface area contributed by atoms with E-state index in [0.29, 0.717) is 36.1 Å². The van der Waals surface area contributed by atoms with Gasteiger partial charge in [-0.1, -0.05) is 42.5 Å². The number of carbonyl (C=O) groups excluding carboxylic acids is 1. The van der Waals surface area contributed by atoms with Crippen LogP contribution in [0, 0.1) is 0 Å². The Morgan fingerprint density at radius 3 is 2.35 bits per heavy atom. The molecule has 0 aromatic heterocycles. The van der Waals surface area contributed by atoms with E-state index in [9.17, 15) is 13.2 Å². The summed E-state index contributed by atoms with van der Waals surface area (Å²) in [6.45, 7) is 1.04.